The number of ether oxygens (including phenoxy) is 2. The molecule has 1 N–H and O–H groups in total. The third-order valence-electron chi connectivity index (χ3n) is 4.47. The van der Waals surface area contributed by atoms with E-state index >= 15 is 0 Å². The fourth-order valence-electron chi connectivity index (χ4n) is 2.97. The van der Waals surface area contributed by atoms with Gasteiger partial charge in [0.25, 0.3) is 0 Å². The highest BCUT2D eigenvalue weighted by atomic mass is 16.5. The van der Waals surface area contributed by atoms with Crippen molar-refractivity contribution in [3.63, 3.8) is 0 Å². The van der Waals surface area contributed by atoms with Gasteiger partial charge in [0.15, 0.2) is 0 Å². The van der Waals surface area contributed by atoms with E-state index in [-0.39, 0.29) is 0 Å². The first-order chi connectivity index (χ1) is 11.6. The molecule has 0 unspecified atom stereocenters. The lowest BCUT2D eigenvalue weighted by Crippen LogP contribution is -2.19. The molecule has 24 heavy (non-hydrogen) atoms. The molecule has 1 atom stereocenters. The minimum absolute atomic E-state index is 0.555. The highest BCUT2D eigenvalue weighted by Crippen LogP contribution is 2.28. The smallest absolute Gasteiger partial charge is 0.118 e. The van der Waals surface area contributed by atoms with E-state index in [1.807, 2.05) is 12.1 Å². The molecule has 0 saturated carbocycles. The number of rotatable bonds is 9. The lowest BCUT2D eigenvalue weighted by atomic mass is 9.86. The first-order valence-electron chi connectivity index (χ1n) is 8.61. The van der Waals surface area contributed by atoms with Crippen LogP contribution in [0.1, 0.15) is 37.3 Å². The van der Waals surface area contributed by atoms with E-state index in [2.05, 4.69) is 55.6 Å². The molecule has 2 aromatic rings. The number of hydrogen-bond acceptors (Lipinski definition) is 3. The molecule has 0 aromatic heterocycles. The molecular weight excluding hydrogens is 298 g/mol. The molecule has 0 bridgehead atoms. The van der Waals surface area contributed by atoms with Crippen molar-refractivity contribution in [1.29, 1.82) is 0 Å². The van der Waals surface area contributed by atoms with E-state index in [0.717, 1.165) is 31.0 Å². The van der Waals surface area contributed by atoms with Crippen molar-refractivity contribution in [1.82, 2.24) is 5.32 Å². The second-order valence-corrected chi connectivity index (χ2v) is 6.44. The Bertz CT molecular complexity index is 590. The normalized spacial score (nSPS) is 12.2. The monoisotopic (exact) mass is 327 g/mol. The first kappa shape index (κ1) is 18.3. The first-order valence-corrected chi connectivity index (χ1v) is 8.61. The Morgan fingerprint density at radius 3 is 1.88 bits per heavy atom. The topological polar surface area (TPSA) is 30.5 Å². The molecule has 3 heteroatoms. The van der Waals surface area contributed by atoms with Gasteiger partial charge in [-0.15, -0.1) is 0 Å². The number of benzene rings is 2. The van der Waals surface area contributed by atoms with Crippen LogP contribution >= 0.6 is 0 Å². The fraction of sp³-hybridized carbons (Fsp3) is 0.429. The van der Waals surface area contributed by atoms with E-state index in [1.165, 1.54) is 11.1 Å². The molecular formula is C21H29NO2. The molecule has 0 fully saturated rings. The lowest BCUT2D eigenvalue weighted by molar-refractivity contribution is 0.413. The second kappa shape index (κ2) is 9.33. The summed E-state index contributed by atoms with van der Waals surface area (Å²) in [6.07, 6.45) is 1.13. The Morgan fingerprint density at radius 1 is 0.833 bits per heavy atom. The van der Waals surface area contributed by atoms with E-state index in [0.29, 0.717) is 11.8 Å². The van der Waals surface area contributed by atoms with Crippen molar-refractivity contribution in [3.8, 4) is 11.5 Å². The maximum Gasteiger partial charge on any atom is 0.118 e. The SMILES string of the molecule is COc1ccc(CNCC[C@@H](c2ccc(OC)cc2)C(C)C)cc1. The van der Waals surface area contributed by atoms with E-state index in [4.69, 9.17) is 9.47 Å². The largest absolute Gasteiger partial charge is 0.497 e. The van der Waals surface area contributed by atoms with Crippen LogP contribution in [0.4, 0.5) is 0 Å². The Labute approximate surface area is 146 Å². The minimum Gasteiger partial charge on any atom is -0.497 e. The van der Waals surface area contributed by atoms with Gasteiger partial charge in [-0.2, -0.15) is 0 Å². The van der Waals surface area contributed by atoms with Crippen molar-refractivity contribution >= 4 is 0 Å². The van der Waals surface area contributed by atoms with Crippen LogP contribution in [0.3, 0.4) is 0 Å². The Kier molecular flexibility index (Phi) is 7.13. The van der Waals surface area contributed by atoms with Crippen LogP contribution in [0.5, 0.6) is 11.5 Å². The van der Waals surface area contributed by atoms with Crippen LogP contribution in [0.25, 0.3) is 0 Å². The van der Waals surface area contributed by atoms with Gasteiger partial charge in [-0.3, -0.25) is 0 Å². The fourth-order valence-corrected chi connectivity index (χ4v) is 2.97. The van der Waals surface area contributed by atoms with Gasteiger partial charge in [0, 0.05) is 6.54 Å². The van der Waals surface area contributed by atoms with Crippen LogP contribution in [0.2, 0.25) is 0 Å². The summed E-state index contributed by atoms with van der Waals surface area (Å²) in [5, 5.41) is 3.55. The molecule has 3 nitrogen and oxygen atoms in total. The average Bonchev–Trinajstić information content (AvgIpc) is 2.62. The predicted octanol–water partition coefficient (Wildman–Crippen LogP) is 4.62. The maximum atomic E-state index is 5.25. The van der Waals surface area contributed by atoms with E-state index < -0.39 is 0 Å². The molecule has 0 radical (unpaired) electrons. The van der Waals surface area contributed by atoms with Crippen molar-refractivity contribution in [2.75, 3.05) is 20.8 Å². The lowest BCUT2D eigenvalue weighted by Gasteiger charge is -2.22. The zero-order chi connectivity index (χ0) is 17.4. The molecule has 0 amide bonds. The zero-order valence-corrected chi connectivity index (χ0v) is 15.2. The molecule has 2 rings (SSSR count). The van der Waals surface area contributed by atoms with Crippen LogP contribution in [0.15, 0.2) is 48.5 Å². The quantitative estimate of drug-likeness (QED) is 0.682. The third-order valence-corrected chi connectivity index (χ3v) is 4.47. The molecule has 0 aliphatic rings. The number of nitrogens with one attached hydrogen (secondary N) is 1. The maximum absolute atomic E-state index is 5.25. The second-order valence-electron chi connectivity index (χ2n) is 6.44. The van der Waals surface area contributed by atoms with Crippen LogP contribution < -0.4 is 14.8 Å². The van der Waals surface area contributed by atoms with Gasteiger partial charge in [-0.25, -0.2) is 0 Å². The van der Waals surface area contributed by atoms with Crippen molar-refractivity contribution in [2.45, 2.75) is 32.7 Å². The molecule has 130 valence electrons. The highest BCUT2D eigenvalue weighted by Gasteiger charge is 2.15. The summed E-state index contributed by atoms with van der Waals surface area (Å²) >= 11 is 0. The molecule has 0 saturated heterocycles. The van der Waals surface area contributed by atoms with Crippen LogP contribution in [-0.4, -0.2) is 20.8 Å². The molecule has 0 aliphatic heterocycles. The third kappa shape index (κ3) is 5.27. The van der Waals surface area contributed by atoms with Gasteiger partial charge in [0.05, 0.1) is 14.2 Å². The van der Waals surface area contributed by atoms with Gasteiger partial charge >= 0.3 is 0 Å². The zero-order valence-electron chi connectivity index (χ0n) is 15.2. The summed E-state index contributed by atoms with van der Waals surface area (Å²) in [7, 11) is 3.40. The summed E-state index contributed by atoms with van der Waals surface area (Å²) < 4.78 is 10.4. The average molecular weight is 327 g/mol. The standard InChI is InChI=1S/C21H29NO2/c1-16(2)21(18-7-11-20(24-4)12-8-18)13-14-22-15-17-5-9-19(23-3)10-6-17/h5-12,16,21-22H,13-15H2,1-4H3/t21-/m1/s1. The minimum atomic E-state index is 0.555. The summed E-state index contributed by atoms with van der Waals surface area (Å²) in [6.45, 7) is 6.47. The van der Waals surface area contributed by atoms with E-state index in [9.17, 15) is 0 Å². The van der Waals surface area contributed by atoms with Gasteiger partial charge in [0.2, 0.25) is 0 Å². The van der Waals surface area contributed by atoms with Gasteiger partial charge in [0.1, 0.15) is 11.5 Å². The Hall–Kier alpha value is -2.00. The van der Waals surface area contributed by atoms with Crippen molar-refractivity contribution in [3.05, 3.63) is 59.7 Å². The van der Waals surface area contributed by atoms with E-state index in [1.54, 1.807) is 14.2 Å². The van der Waals surface area contributed by atoms with Gasteiger partial charge < -0.3 is 14.8 Å². The summed E-state index contributed by atoms with van der Waals surface area (Å²) in [5.74, 6) is 2.98. The van der Waals surface area contributed by atoms with Crippen LogP contribution in [-0.2, 0) is 6.54 Å². The molecule has 0 spiro atoms. The predicted molar refractivity (Wildman–Crippen MR) is 99.9 cm³/mol. The van der Waals surface area contributed by atoms with Gasteiger partial charge in [-0.1, -0.05) is 38.1 Å². The number of methoxy groups -OCH3 is 2. The summed E-state index contributed by atoms with van der Waals surface area (Å²) in [5.41, 5.74) is 2.67. The van der Waals surface area contributed by atoms with Crippen molar-refractivity contribution in [2.24, 2.45) is 5.92 Å². The summed E-state index contributed by atoms with van der Waals surface area (Å²) in [6, 6.07) is 16.7. The van der Waals surface area contributed by atoms with Crippen LogP contribution in [0, 0.1) is 5.92 Å². The molecule has 2 aromatic carbocycles. The van der Waals surface area contributed by atoms with Crippen molar-refractivity contribution < 1.29 is 9.47 Å². The molecule has 0 aliphatic carbocycles. The summed E-state index contributed by atoms with van der Waals surface area (Å²) in [4.78, 5) is 0. The number of hydrogen-bond donors (Lipinski definition) is 1. The Morgan fingerprint density at radius 2 is 1.38 bits per heavy atom. The molecule has 0 heterocycles. The Balaban J connectivity index is 1.84. The highest BCUT2D eigenvalue weighted by molar-refractivity contribution is 5.30. The van der Waals surface area contributed by atoms with Gasteiger partial charge in [-0.05, 0) is 60.2 Å².